The first-order valence-electron chi connectivity index (χ1n) is 10.4. The number of halogens is 3. The van der Waals surface area contributed by atoms with Crippen molar-refractivity contribution in [3.05, 3.63) is 57.9 Å². The molecule has 0 fully saturated rings. The minimum absolute atomic E-state index is 0.0486. The summed E-state index contributed by atoms with van der Waals surface area (Å²) in [5.74, 6) is -1.09. The molecule has 0 spiro atoms. The van der Waals surface area contributed by atoms with Crippen LogP contribution in [-0.2, 0) is 12.7 Å². The van der Waals surface area contributed by atoms with Crippen LogP contribution in [-0.4, -0.2) is 24.7 Å². The van der Waals surface area contributed by atoms with Gasteiger partial charge in [0.2, 0.25) is 5.76 Å². The third kappa shape index (κ3) is 4.84. The maximum Gasteiger partial charge on any atom is 0.449 e. The third-order valence-corrected chi connectivity index (χ3v) is 5.49. The lowest BCUT2D eigenvalue weighted by molar-refractivity contribution is -0.153. The number of rotatable bonds is 8. The van der Waals surface area contributed by atoms with Crippen molar-refractivity contribution in [2.45, 2.75) is 45.5 Å². The molecule has 7 nitrogen and oxygen atoms in total. The van der Waals surface area contributed by atoms with E-state index in [4.69, 9.17) is 13.9 Å². The molecular formula is C23H25F3N2O5. The van der Waals surface area contributed by atoms with Crippen molar-refractivity contribution in [3.63, 3.8) is 0 Å². The molecule has 10 heteroatoms. The highest BCUT2D eigenvalue weighted by molar-refractivity contribution is 6.07. The highest BCUT2D eigenvalue weighted by Crippen LogP contribution is 2.33. The van der Waals surface area contributed by atoms with E-state index in [2.05, 4.69) is 5.32 Å². The van der Waals surface area contributed by atoms with Crippen LogP contribution in [0.4, 0.5) is 13.2 Å². The minimum atomic E-state index is -4.61. The Morgan fingerprint density at radius 2 is 1.70 bits per heavy atom. The van der Waals surface area contributed by atoms with Crippen LogP contribution >= 0.6 is 0 Å². The SMILES string of the molecule is CCC(CC)n1cc(C(=O)NCc2ccc(C(F)(F)F)o2)c2cc(OC)c(OC)cc2c1=O. The van der Waals surface area contributed by atoms with E-state index in [1.807, 2.05) is 13.8 Å². The fourth-order valence-electron chi connectivity index (χ4n) is 3.71. The average Bonchev–Trinajstić information content (AvgIpc) is 3.28. The van der Waals surface area contributed by atoms with Gasteiger partial charge in [-0.25, -0.2) is 0 Å². The molecular weight excluding hydrogens is 441 g/mol. The average molecular weight is 466 g/mol. The number of benzene rings is 1. The Bertz CT molecular complexity index is 1210. The molecule has 1 amide bonds. The topological polar surface area (TPSA) is 82.7 Å². The van der Waals surface area contributed by atoms with E-state index in [-0.39, 0.29) is 34.9 Å². The molecule has 178 valence electrons. The molecule has 0 saturated heterocycles. The van der Waals surface area contributed by atoms with Gasteiger partial charge in [0.25, 0.3) is 11.5 Å². The normalized spacial score (nSPS) is 11.8. The van der Waals surface area contributed by atoms with E-state index in [0.29, 0.717) is 29.7 Å². The first-order chi connectivity index (χ1) is 15.6. The van der Waals surface area contributed by atoms with Gasteiger partial charge in [-0.3, -0.25) is 9.59 Å². The molecule has 2 aromatic heterocycles. The lowest BCUT2D eigenvalue weighted by Crippen LogP contribution is -2.29. The Morgan fingerprint density at radius 3 is 2.21 bits per heavy atom. The van der Waals surface area contributed by atoms with Gasteiger partial charge in [-0.2, -0.15) is 13.2 Å². The zero-order valence-electron chi connectivity index (χ0n) is 18.7. The monoisotopic (exact) mass is 466 g/mol. The van der Waals surface area contributed by atoms with Crippen LogP contribution in [0.5, 0.6) is 11.5 Å². The molecule has 0 unspecified atom stereocenters. The summed E-state index contributed by atoms with van der Waals surface area (Å²) in [6.07, 6.45) is -1.79. The summed E-state index contributed by atoms with van der Waals surface area (Å²) in [5.41, 5.74) is -0.0999. The van der Waals surface area contributed by atoms with Crippen LogP contribution in [0.3, 0.4) is 0 Å². The summed E-state index contributed by atoms with van der Waals surface area (Å²) < 4.78 is 55.2. The maximum absolute atomic E-state index is 13.2. The molecule has 1 N–H and O–H groups in total. The molecule has 1 aromatic carbocycles. The van der Waals surface area contributed by atoms with Gasteiger partial charge in [0, 0.05) is 17.6 Å². The highest BCUT2D eigenvalue weighted by atomic mass is 19.4. The number of hydrogen-bond donors (Lipinski definition) is 1. The largest absolute Gasteiger partial charge is 0.493 e. The van der Waals surface area contributed by atoms with Gasteiger partial charge in [-0.15, -0.1) is 0 Å². The zero-order valence-corrected chi connectivity index (χ0v) is 18.7. The van der Waals surface area contributed by atoms with Crippen molar-refractivity contribution in [2.24, 2.45) is 0 Å². The molecule has 0 aliphatic carbocycles. The number of nitrogens with zero attached hydrogens (tertiary/aromatic N) is 1. The number of carbonyl (C=O) groups is 1. The first kappa shape index (κ1) is 24.2. The Morgan fingerprint density at radius 1 is 1.09 bits per heavy atom. The predicted octanol–water partition coefficient (Wildman–Crippen LogP) is 4.92. The van der Waals surface area contributed by atoms with Crippen LogP contribution in [0.1, 0.15) is 54.6 Å². The second-order valence-corrected chi connectivity index (χ2v) is 7.42. The number of hydrogen-bond acceptors (Lipinski definition) is 5. The Hall–Kier alpha value is -3.43. The number of nitrogens with one attached hydrogen (secondary N) is 1. The molecule has 0 radical (unpaired) electrons. The smallest absolute Gasteiger partial charge is 0.449 e. The van der Waals surface area contributed by atoms with Gasteiger partial charge in [0.15, 0.2) is 11.5 Å². The fourth-order valence-corrected chi connectivity index (χ4v) is 3.71. The highest BCUT2D eigenvalue weighted by Gasteiger charge is 2.34. The van der Waals surface area contributed by atoms with Crippen LogP contribution in [0.15, 0.2) is 39.7 Å². The lowest BCUT2D eigenvalue weighted by atomic mass is 10.0. The van der Waals surface area contributed by atoms with E-state index in [1.54, 1.807) is 0 Å². The quantitative estimate of drug-likeness (QED) is 0.510. The number of ether oxygens (including phenoxy) is 2. The number of furan rings is 1. The van der Waals surface area contributed by atoms with Gasteiger partial charge in [-0.1, -0.05) is 13.8 Å². The van der Waals surface area contributed by atoms with Crippen molar-refractivity contribution in [1.29, 1.82) is 0 Å². The number of alkyl halides is 3. The number of aromatic nitrogens is 1. The van der Waals surface area contributed by atoms with Crippen LogP contribution in [0.2, 0.25) is 0 Å². The number of fused-ring (bicyclic) bond motifs is 1. The van der Waals surface area contributed by atoms with E-state index in [1.165, 1.54) is 37.1 Å². The summed E-state index contributed by atoms with van der Waals surface area (Å²) in [7, 11) is 2.88. The third-order valence-electron chi connectivity index (χ3n) is 5.49. The van der Waals surface area contributed by atoms with E-state index < -0.39 is 17.8 Å². The lowest BCUT2D eigenvalue weighted by Gasteiger charge is -2.20. The van der Waals surface area contributed by atoms with E-state index >= 15 is 0 Å². The Labute approximate surface area is 188 Å². The van der Waals surface area contributed by atoms with Gasteiger partial charge in [0.1, 0.15) is 5.76 Å². The number of amides is 1. The van der Waals surface area contributed by atoms with Crippen LogP contribution in [0, 0.1) is 0 Å². The van der Waals surface area contributed by atoms with Gasteiger partial charge < -0.3 is 23.8 Å². The van der Waals surface area contributed by atoms with Gasteiger partial charge in [0.05, 0.1) is 31.7 Å². The standard InChI is InChI=1S/C23H25F3N2O5/c1-5-13(6-2)28-12-17(15-9-18(31-3)19(32-4)10-16(15)22(28)30)21(29)27-11-14-7-8-20(33-14)23(24,25)26/h7-10,12-13H,5-6,11H2,1-4H3,(H,27,29). The van der Waals surface area contributed by atoms with Crippen molar-refractivity contribution < 1.29 is 31.9 Å². The number of methoxy groups -OCH3 is 2. The maximum atomic E-state index is 13.2. The molecule has 2 heterocycles. The second-order valence-electron chi connectivity index (χ2n) is 7.42. The second kappa shape index (κ2) is 9.60. The van der Waals surface area contributed by atoms with E-state index in [9.17, 15) is 22.8 Å². The van der Waals surface area contributed by atoms with Crippen molar-refractivity contribution in [1.82, 2.24) is 9.88 Å². The molecule has 0 saturated carbocycles. The molecule has 0 aliphatic heterocycles. The predicted molar refractivity (Wildman–Crippen MR) is 116 cm³/mol. The van der Waals surface area contributed by atoms with Crippen molar-refractivity contribution in [2.75, 3.05) is 14.2 Å². The molecule has 0 atom stereocenters. The fraction of sp³-hybridized carbons (Fsp3) is 0.391. The summed E-state index contributed by atoms with van der Waals surface area (Å²) in [4.78, 5) is 26.3. The number of carbonyl (C=O) groups excluding carboxylic acids is 1. The van der Waals surface area contributed by atoms with Crippen molar-refractivity contribution >= 4 is 16.7 Å². The van der Waals surface area contributed by atoms with Crippen LogP contribution in [0.25, 0.3) is 10.8 Å². The molecule has 0 bridgehead atoms. The summed E-state index contributed by atoms with van der Waals surface area (Å²) in [6.45, 7) is 3.62. The first-order valence-corrected chi connectivity index (χ1v) is 10.4. The molecule has 33 heavy (non-hydrogen) atoms. The van der Waals surface area contributed by atoms with Crippen molar-refractivity contribution in [3.8, 4) is 11.5 Å². The zero-order chi connectivity index (χ0) is 24.3. The van der Waals surface area contributed by atoms with E-state index in [0.717, 1.165) is 12.1 Å². The number of pyridine rings is 1. The molecule has 0 aliphatic rings. The molecule has 3 aromatic rings. The van der Waals surface area contributed by atoms with Gasteiger partial charge >= 0.3 is 6.18 Å². The van der Waals surface area contributed by atoms with Gasteiger partial charge in [-0.05, 0) is 37.1 Å². The Kier molecular flexibility index (Phi) is 7.04. The van der Waals surface area contributed by atoms with Crippen LogP contribution < -0.4 is 20.3 Å². The Balaban J connectivity index is 2.07. The molecule has 3 rings (SSSR count). The minimum Gasteiger partial charge on any atom is -0.493 e. The summed E-state index contributed by atoms with van der Waals surface area (Å²) >= 11 is 0. The summed E-state index contributed by atoms with van der Waals surface area (Å²) in [6, 6.07) is 4.88. The summed E-state index contributed by atoms with van der Waals surface area (Å²) in [5, 5.41) is 3.18.